The van der Waals surface area contributed by atoms with Crippen molar-refractivity contribution in [1.29, 1.82) is 0 Å². The van der Waals surface area contributed by atoms with E-state index in [1.807, 2.05) is 0 Å². The Morgan fingerprint density at radius 3 is 2.95 bits per heavy atom. The number of benzene rings is 1. The van der Waals surface area contributed by atoms with Gasteiger partial charge in [0.25, 0.3) is 0 Å². The molecule has 1 saturated heterocycles. The molecule has 21 heavy (non-hydrogen) atoms. The Morgan fingerprint density at radius 2 is 2.19 bits per heavy atom. The van der Waals surface area contributed by atoms with E-state index >= 15 is 0 Å². The molecule has 0 bridgehead atoms. The van der Waals surface area contributed by atoms with Crippen molar-refractivity contribution in [2.45, 2.75) is 25.3 Å². The first kappa shape index (κ1) is 13.8. The number of aromatic nitrogens is 2. The normalized spacial score (nSPS) is 18.9. The number of carboxylic acids is 1. The number of aromatic carboxylic acids is 1. The minimum absolute atomic E-state index is 0.0657. The predicted molar refractivity (Wildman–Crippen MR) is 78.6 cm³/mol. The third-order valence-corrected chi connectivity index (χ3v) is 3.97. The lowest BCUT2D eigenvalue weighted by atomic mass is 10.0. The van der Waals surface area contributed by atoms with Crippen molar-refractivity contribution in [3.05, 3.63) is 30.1 Å². The van der Waals surface area contributed by atoms with Crippen LogP contribution >= 0.6 is 0 Å². The van der Waals surface area contributed by atoms with E-state index in [4.69, 9.17) is 5.11 Å². The van der Waals surface area contributed by atoms with Crippen LogP contribution in [0, 0.1) is 0 Å². The van der Waals surface area contributed by atoms with E-state index in [0.29, 0.717) is 5.52 Å². The molecule has 1 aliphatic heterocycles. The number of rotatable bonds is 3. The molecule has 0 amide bonds. The van der Waals surface area contributed by atoms with Crippen LogP contribution in [0.4, 0.5) is 5.82 Å². The summed E-state index contributed by atoms with van der Waals surface area (Å²) in [5.41, 5.74) is 0.826. The fraction of sp³-hybridized carbons (Fsp3) is 0.400. The van der Waals surface area contributed by atoms with Gasteiger partial charge in [-0.3, -0.25) is 0 Å². The number of piperidine rings is 1. The third-order valence-electron chi connectivity index (χ3n) is 3.97. The summed E-state index contributed by atoms with van der Waals surface area (Å²) >= 11 is 0. The fourth-order valence-electron chi connectivity index (χ4n) is 2.87. The van der Waals surface area contributed by atoms with Gasteiger partial charge in [-0.1, -0.05) is 0 Å². The van der Waals surface area contributed by atoms with Crippen LogP contribution in [-0.2, 0) is 0 Å². The average molecular weight is 287 g/mol. The van der Waals surface area contributed by atoms with E-state index in [1.165, 1.54) is 6.33 Å². The third kappa shape index (κ3) is 2.54. The first-order chi connectivity index (χ1) is 10.2. The molecule has 0 saturated carbocycles. The van der Waals surface area contributed by atoms with Gasteiger partial charge >= 0.3 is 5.97 Å². The maximum atomic E-state index is 11.0. The quantitative estimate of drug-likeness (QED) is 0.893. The van der Waals surface area contributed by atoms with Crippen LogP contribution in [0.25, 0.3) is 10.9 Å². The van der Waals surface area contributed by atoms with Gasteiger partial charge in [0.1, 0.15) is 12.1 Å². The number of carbonyl (C=O) groups is 1. The Hall–Kier alpha value is -2.21. The number of hydrogen-bond donors (Lipinski definition) is 2. The fourth-order valence-corrected chi connectivity index (χ4v) is 2.87. The van der Waals surface area contributed by atoms with Crippen molar-refractivity contribution in [2.75, 3.05) is 18.1 Å². The average Bonchev–Trinajstić information content (AvgIpc) is 2.53. The highest BCUT2D eigenvalue weighted by Gasteiger charge is 2.24. The van der Waals surface area contributed by atoms with Crippen LogP contribution in [0.3, 0.4) is 0 Å². The van der Waals surface area contributed by atoms with Gasteiger partial charge in [-0.15, -0.1) is 0 Å². The van der Waals surface area contributed by atoms with Gasteiger partial charge in [0.2, 0.25) is 0 Å². The second kappa shape index (κ2) is 5.65. The number of fused-ring (bicyclic) bond motifs is 1. The molecule has 1 fully saturated rings. The maximum Gasteiger partial charge on any atom is 0.335 e. The number of anilines is 1. The summed E-state index contributed by atoms with van der Waals surface area (Å²) in [5, 5.41) is 19.4. The van der Waals surface area contributed by atoms with Crippen molar-refractivity contribution in [3.8, 4) is 0 Å². The topological polar surface area (TPSA) is 86.5 Å². The molecule has 6 heteroatoms. The zero-order valence-corrected chi connectivity index (χ0v) is 11.6. The molecular weight excluding hydrogens is 270 g/mol. The SMILES string of the molecule is O=C(O)c1ccc2c(N3CCCCC3CO)ncnc2c1. The number of aliphatic hydroxyl groups is 1. The highest BCUT2D eigenvalue weighted by atomic mass is 16.4. The molecule has 6 nitrogen and oxygen atoms in total. The molecule has 1 aromatic heterocycles. The Labute approximate surface area is 122 Å². The minimum Gasteiger partial charge on any atom is -0.478 e. The Morgan fingerprint density at radius 1 is 1.33 bits per heavy atom. The molecule has 2 heterocycles. The number of nitrogens with zero attached hydrogens (tertiary/aromatic N) is 3. The lowest BCUT2D eigenvalue weighted by Gasteiger charge is -2.36. The van der Waals surface area contributed by atoms with E-state index < -0.39 is 5.97 Å². The second-order valence-electron chi connectivity index (χ2n) is 5.26. The Kier molecular flexibility index (Phi) is 3.70. The highest BCUT2D eigenvalue weighted by Crippen LogP contribution is 2.29. The molecule has 1 aliphatic rings. The van der Waals surface area contributed by atoms with Gasteiger partial charge in [0, 0.05) is 11.9 Å². The molecule has 2 N–H and O–H groups in total. The smallest absolute Gasteiger partial charge is 0.335 e. The minimum atomic E-state index is -0.969. The Balaban J connectivity index is 2.08. The summed E-state index contributed by atoms with van der Waals surface area (Å²) in [7, 11) is 0. The van der Waals surface area contributed by atoms with E-state index in [2.05, 4.69) is 14.9 Å². The van der Waals surface area contributed by atoms with Crippen molar-refractivity contribution >= 4 is 22.7 Å². The highest BCUT2D eigenvalue weighted by molar-refractivity contribution is 5.96. The van der Waals surface area contributed by atoms with Crippen LogP contribution in [0.15, 0.2) is 24.5 Å². The van der Waals surface area contributed by atoms with Gasteiger partial charge in [-0.25, -0.2) is 14.8 Å². The van der Waals surface area contributed by atoms with Crippen LogP contribution in [0.5, 0.6) is 0 Å². The van der Waals surface area contributed by atoms with Crippen molar-refractivity contribution in [1.82, 2.24) is 9.97 Å². The Bertz CT molecular complexity index is 674. The standard InChI is InChI=1S/C15H17N3O3/c19-8-11-3-1-2-6-18(11)14-12-5-4-10(15(20)21)7-13(12)16-9-17-14/h4-5,7,9,11,19H,1-3,6,8H2,(H,20,21). The number of hydrogen-bond acceptors (Lipinski definition) is 5. The van der Waals surface area contributed by atoms with Crippen molar-refractivity contribution in [3.63, 3.8) is 0 Å². The molecule has 0 radical (unpaired) electrons. The molecule has 0 spiro atoms. The lowest BCUT2D eigenvalue weighted by Crippen LogP contribution is -2.42. The monoisotopic (exact) mass is 287 g/mol. The summed E-state index contributed by atoms with van der Waals surface area (Å²) in [6.45, 7) is 0.941. The molecule has 3 rings (SSSR count). The summed E-state index contributed by atoms with van der Waals surface area (Å²) in [6.07, 6.45) is 4.56. The van der Waals surface area contributed by atoms with Gasteiger partial charge in [-0.05, 0) is 37.5 Å². The van der Waals surface area contributed by atoms with Crippen molar-refractivity contribution in [2.24, 2.45) is 0 Å². The largest absolute Gasteiger partial charge is 0.478 e. The van der Waals surface area contributed by atoms with Crippen LogP contribution in [0.2, 0.25) is 0 Å². The van der Waals surface area contributed by atoms with Gasteiger partial charge in [-0.2, -0.15) is 0 Å². The van der Waals surface area contributed by atoms with Crippen LogP contribution in [0.1, 0.15) is 29.6 Å². The lowest BCUT2D eigenvalue weighted by molar-refractivity contribution is 0.0697. The first-order valence-electron chi connectivity index (χ1n) is 7.06. The molecule has 1 atom stereocenters. The van der Waals surface area contributed by atoms with E-state index in [0.717, 1.165) is 37.0 Å². The summed E-state index contributed by atoms with van der Waals surface area (Å²) in [5.74, 6) is -0.195. The zero-order valence-electron chi connectivity index (χ0n) is 11.6. The molecule has 1 aromatic carbocycles. The van der Waals surface area contributed by atoms with E-state index in [1.54, 1.807) is 18.2 Å². The molecule has 1 unspecified atom stereocenters. The van der Waals surface area contributed by atoms with Crippen LogP contribution < -0.4 is 4.90 Å². The number of aliphatic hydroxyl groups excluding tert-OH is 1. The van der Waals surface area contributed by atoms with E-state index in [9.17, 15) is 9.90 Å². The van der Waals surface area contributed by atoms with Gasteiger partial charge < -0.3 is 15.1 Å². The molecule has 2 aromatic rings. The van der Waals surface area contributed by atoms with Gasteiger partial charge in [0.15, 0.2) is 0 Å². The predicted octanol–water partition coefficient (Wildman–Crippen LogP) is 1.68. The van der Waals surface area contributed by atoms with Gasteiger partial charge in [0.05, 0.1) is 23.7 Å². The zero-order chi connectivity index (χ0) is 14.8. The molecule has 0 aliphatic carbocycles. The molecular formula is C15H17N3O3. The molecule has 110 valence electrons. The summed E-state index contributed by atoms with van der Waals surface area (Å²) in [4.78, 5) is 21.7. The first-order valence-corrected chi connectivity index (χ1v) is 7.06. The summed E-state index contributed by atoms with van der Waals surface area (Å²) in [6, 6.07) is 4.93. The second-order valence-corrected chi connectivity index (χ2v) is 5.26. The summed E-state index contributed by atoms with van der Waals surface area (Å²) < 4.78 is 0. The van der Waals surface area contributed by atoms with Crippen molar-refractivity contribution < 1.29 is 15.0 Å². The van der Waals surface area contributed by atoms with E-state index in [-0.39, 0.29) is 18.2 Å². The van der Waals surface area contributed by atoms with Crippen LogP contribution in [-0.4, -0.2) is 45.3 Å². The maximum absolute atomic E-state index is 11.0. The number of carboxylic acid groups (broad SMARTS) is 1.